The van der Waals surface area contributed by atoms with Gasteiger partial charge in [-0.25, -0.2) is 19.2 Å². The van der Waals surface area contributed by atoms with Gasteiger partial charge in [-0.2, -0.15) is 0 Å². The van der Waals surface area contributed by atoms with Gasteiger partial charge in [-0.05, 0) is 31.0 Å². The molecular weight excluding hydrogens is 383 g/mol. The molecule has 1 aromatic heterocycles. The van der Waals surface area contributed by atoms with Gasteiger partial charge in [0.25, 0.3) is 0 Å². The number of carbonyl (C=O) groups is 1. The highest BCUT2D eigenvalue weighted by Gasteiger charge is 2.23. The number of piperazine rings is 1. The van der Waals surface area contributed by atoms with E-state index in [0.29, 0.717) is 31.9 Å². The second kappa shape index (κ2) is 8.18. The molecule has 2 saturated heterocycles. The number of rotatable bonds is 3. The lowest BCUT2D eigenvalue weighted by atomic mass is 10.3. The zero-order valence-electron chi connectivity index (χ0n) is 15.4. The van der Waals surface area contributed by atoms with Crippen molar-refractivity contribution < 1.29 is 9.18 Å². The van der Waals surface area contributed by atoms with Crippen molar-refractivity contribution in [1.82, 2.24) is 14.9 Å². The summed E-state index contributed by atoms with van der Waals surface area (Å²) in [5.74, 6) is 1.35. The first kappa shape index (κ1) is 18.7. The van der Waals surface area contributed by atoms with E-state index >= 15 is 0 Å². The van der Waals surface area contributed by atoms with Crippen LogP contribution in [0.15, 0.2) is 30.6 Å². The number of aromatic nitrogens is 2. The van der Waals surface area contributed by atoms with E-state index in [9.17, 15) is 9.18 Å². The molecule has 1 N–H and O–H groups in total. The Labute approximate surface area is 168 Å². The summed E-state index contributed by atoms with van der Waals surface area (Å²) in [5.41, 5.74) is 0.477. The molecule has 2 amide bonds. The lowest BCUT2D eigenvalue weighted by molar-refractivity contribution is 0.208. The smallest absolute Gasteiger partial charge is 0.321 e. The first-order valence-corrected chi connectivity index (χ1v) is 9.81. The molecule has 28 heavy (non-hydrogen) atoms. The molecule has 0 aliphatic carbocycles. The predicted octanol–water partition coefficient (Wildman–Crippen LogP) is 3.22. The van der Waals surface area contributed by atoms with Gasteiger partial charge in [-0.3, -0.25) is 0 Å². The van der Waals surface area contributed by atoms with E-state index in [1.807, 2.05) is 6.07 Å². The van der Waals surface area contributed by atoms with Crippen molar-refractivity contribution in [2.75, 3.05) is 54.4 Å². The van der Waals surface area contributed by atoms with Crippen LogP contribution in [0.25, 0.3) is 0 Å². The Hall–Kier alpha value is -2.61. The largest absolute Gasteiger partial charge is 0.356 e. The second-order valence-corrected chi connectivity index (χ2v) is 7.37. The summed E-state index contributed by atoms with van der Waals surface area (Å²) in [6.07, 6.45) is 4.01. The molecule has 9 heteroatoms. The summed E-state index contributed by atoms with van der Waals surface area (Å²) < 4.78 is 13.2. The van der Waals surface area contributed by atoms with Crippen LogP contribution in [0.4, 0.5) is 26.5 Å². The van der Waals surface area contributed by atoms with Gasteiger partial charge in [-0.15, -0.1) is 0 Å². The molecule has 3 heterocycles. The highest BCUT2D eigenvalue weighted by molar-refractivity contribution is 6.31. The van der Waals surface area contributed by atoms with Gasteiger partial charge in [0, 0.05) is 51.0 Å². The lowest BCUT2D eigenvalue weighted by Crippen LogP contribution is -2.50. The Balaban J connectivity index is 1.34. The first-order valence-electron chi connectivity index (χ1n) is 9.43. The number of halogens is 2. The third kappa shape index (κ3) is 4.11. The van der Waals surface area contributed by atoms with Crippen molar-refractivity contribution in [3.8, 4) is 0 Å². The van der Waals surface area contributed by atoms with Gasteiger partial charge < -0.3 is 20.0 Å². The van der Waals surface area contributed by atoms with Gasteiger partial charge in [0.2, 0.25) is 0 Å². The Bertz CT molecular complexity index is 852. The predicted molar refractivity (Wildman–Crippen MR) is 108 cm³/mol. The minimum atomic E-state index is -0.508. The molecule has 2 aliphatic rings. The van der Waals surface area contributed by atoms with Gasteiger partial charge >= 0.3 is 6.03 Å². The summed E-state index contributed by atoms with van der Waals surface area (Å²) in [6.45, 7) is 4.60. The number of nitrogens with zero attached hydrogens (tertiary/aromatic N) is 5. The Morgan fingerprint density at radius 2 is 1.61 bits per heavy atom. The molecule has 0 saturated carbocycles. The van der Waals surface area contributed by atoms with Crippen LogP contribution in [-0.4, -0.2) is 60.2 Å². The molecule has 0 atom stereocenters. The van der Waals surface area contributed by atoms with Crippen molar-refractivity contribution in [2.45, 2.75) is 12.8 Å². The maximum absolute atomic E-state index is 13.2. The monoisotopic (exact) mass is 404 g/mol. The van der Waals surface area contributed by atoms with E-state index < -0.39 is 5.82 Å². The van der Waals surface area contributed by atoms with Crippen LogP contribution in [0.5, 0.6) is 0 Å². The van der Waals surface area contributed by atoms with Gasteiger partial charge in [0.05, 0.1) is 5.02 Å². The number of hydrogen-bond acceptors (Lipinski definition) is 5. The normalized spacial score (nSPS) is 17.1. The highest BCUT2D eigenvalue weighted by atomic mass is 35.5. The number of anilines is 3. The Morgan fingerprint density at radius 1 is 0.964 bits per heavy atom. The number of benzene rings is 1. The zero-order chi connectivity index (χ0) is 19.5. The minimum Gasteiger partial charge on any atom is -0.356 e. The summed E-state index contributed by atoms with van der Waals surface area (Å²) >= 11 is 5.77. The molecule has 2 aliphatic heterocycles. The molecule has 1 aromatic carbocycles. The molecule has 4 rings (SSSR count). The fraction of sp³-hybridized carbons (Fsp3) is 0.421. The molecule has 0 spiro atoms. The summed E-state index contributed by atoms with van der Waals surface area (Å²) in [6, 6.07) is 5.95. The topological polar surface area (TPSA) is 64.6 Å². The number of nitrogens with one attached hydrogen (secondary N) is 1. The number of carbonyl (C=O) groups excluding carboxylic acids is 1. The fourth-order valence-corrected chi connectivity index (χ4v) is 3.72. The quantitative estimate of drug-likeness (QED) is 0.850. The summed E-state index contributed by atoms with van der Waals surface area (Å²) in [5, 5.41) is 2.75. The average Bonchev–Trinajstić information content (AvgIpc) is 3.26. The number of urea groups is 1. The van der Waals surface area contributed by atoms with Crippen molar-refractivity contribution in [3.05, 3.63) is 41.4 Å². The van der Waals surface area contributed by atoms with E-state index in [-0.39, 0.29) is 11.1 Å². The first-order chi connectivity index (χ1) is 13.6. The molecule has 2 aromatic rings. The van der Waals surface area contributed by atoms with Crippen LogP contribution < -0.4 is 15.1 Å². The highest BCUT2D eigenvalue weighted by Crippen LogP contribution is 2.23. The van der Waals surface area contributed by atoms with Crippen LogP contribution >= 0.6 is 11.6 Å². The second-order valence-electron chi connectivity index (χ2n) is 6.96. The van der Waals surface area contributed by atoms with E-state index in [1.165, 1.54) is 31.0 Å². The van der Waals surface area contributed by atoms with E-state index in [0.717, 1.165) is 24.7 Å². The Morgan fingerprint density at radius 3 is 2.25 bits per heavy atom. The Kier molecular flexibility index (Phi) is 5.47. The third-order valence-electron chi connectivity index (χ3n) is 5.13. The molecular formula is C19H22ClFN6O. The van der Waals surface area contributed by atoms with Crippen LogP contribution in [0.2, 0.25) is 5.02 Å². The minimum absolute atomic E-state index is 0.0137. The lowest BCUT2D eigenvalue weighted by Gasteiger charge is -2.35. The molecule has 0 bridgehead atoms. The van der Waals surface area contributed by atoms with Crippen molar-refractivity contribution in [3.63, 3.8) is 0 Å². The molecule has 148 valence electrons. The maximum atomic E-state index is 13.2. The van der Waals surface area contributed by atoms with Gasteiger partial charge in [-0.1, -0.05) is 11.6 Å². The van der Waals surface area contributed by atoms with Gasteiger partial charge in [0.15, 0.2) is 0 Å². The van der Waals surface area contributed by atoms with Gasteiger partial charge in [0.1, 0.15) is 23.8 Å². The fourth-order valence-electron chi connectivity index (χ4n) is 3.54. The van der Waals surface area contributed by atoms with E-state index in [1.54, 1.807) is 11.2 Å². The maximum Gasteiger partial charge on any atom is 0.321 e. The SMILES string of the molecule is O=C(Nc1ccc(F)c(Cl)c1)N1CCN(c2cc(N3CCCC3)ncn2)CC1. The van der Waals surface area contributed by atoms with Crippen LogP contribution in [-0.2, 0) is 0 Å². The van der Waals surface area contributed by atoms with Crippen molar-refractivity contribution in [1.29, 1.82) is 0 Å². The van der Waals surface area contributed by atoms with E-state index in [4.69, 9.17) is 11.6 Å². The zero-order valence-corrected chi connectivity index (χ0v) is 16.2. The average molecular weight is 405 g/mol. The third-order valence-corrected chi connectivity index (χ3v) is 5.42. The molecule has 7 nitrogen and oxygen atoms in total. The van der Waals surface area contributed by atoms with Crippen LogP contribution in [0.3, 0.4) is 0 Å². The summed E-state index contributed by atoms with van der Waals surface area (Å²) in [7, 11) is 0. The number of hydrogen-bond donors (Lipinski definition) is 1. The van der Waals surface area contributed by atoms with Crippen molar-refractivity contribution >= 4 is 35.0 Å². The standard InChI is InChI=1S/C19H22ClFN6O/c20-15-11-14(3-4-16(15)21)24-19(28)27-9-7-26(8-10-27)18-12-17(22-13-23-18)25-5-1-2-6-25/h3-4,11-13H,1-2,5-10H2,(H,24,28). The molecule has 0 radical (unpaired) electrons. The summed E-state index contributed by atoms with van der Waals surface area (Å²) in [4.78, 5) is 27.4. The number of amides is 2. The van der Waals surface area contributed by atoms with Crippen LogP contribution in [0.1, 0.15) is 12.8 Å². The molecule has 0 unspecified atom stereocenters. The van der Waals surface area contributed by atoms with Crippen LogP contribution in [0, 0.1) is 5.82 Å². The van der Waals surface area contributed by atoms with E-state index in [2.05, 4.69) is 25.1 Å². The molecule has 2 fully saturated rings. The van der Waals surface area contributed by atoms with Crippen molar-refractivity contribution in [2.24, 2.45) is 0 Å².